The van der Waals surface area contributed by atoms with Gasteiger partial charge in [-0.2, -0.15) is 0 Å². The molecule has 0 bridgehead atoms. The van der Waals surface area contributed by atoms with Gasteiger partial charge in [0.1, 0.15) is 17.3 Å². The molecule has 1 aromatic rings. The van der Waals surface area contributed by atoms with Crippen LogP contribution in [0.3, 0.4) is 0 Å². The van der Waals surface area contributed by atoms with Gasteiger partial charge in [-0.3, -0.25) is 9.59 Å². The van der Waals surface area contributed by atoms with Crippen molar-refractivity contribution >= 4 is 17.8 Å². The fourth-order valence-corrected chi connectivity index (χ4v) is 3.96. The standard InChI is InChI=1S/C22H29NO5/c1-22(2,3)28-21(26)23-10-9-16(13-23)12-18(24)19-17(14-27-20(19)25)11-15-7-5-4-6-8-15/h4-8,16-17,19H,9-14H2,1-3H3/t16-,17+,19?/m1/s1. The Bertz CT molecular complexity index is 724. The zero-order chi connectivity index (χ0) is 20.3. The van der Waals surface area contributed by atoms with E-state index in [0.29, 0.717) is 32.5 Å². The number of cyclic esters (lactones) is 1. The number of hydrogen-bond donors (Lipinski definition) is 0. The minimum absolute atomic E-state index is 0.0609. The van der Waals surface area contributed by atoms with Gasteiger partial charge in [0.15, 0.2) is 0 Å². The molecule has 1 aromatic carbocycles. The number of ketones is 1. The molecule has 6 heteroatoms. The molecule has 2 heterocycles. The van der Waals surface area contributed by atoms with Crippen molar-refractivity contribution < 1.29 is 23.9 Å². The Kier molecular flexibility index (Phi) is 6.06. The molecule has 0 N–H and O–H groups in total. The quantitative estimate of drug-likeness (QED) is 0.573. The first-order valence-electron chi connectivity index (χ1n) is 9.94. The third-order valence-corrected chi connectivity index (χ3v) is 5.28. The summed E-state index contributed by atoms with van der Waals surface area (Å²) in [5.74, 6) is -1.24. The van der Waals surface area contributed by atoms with E-state index in [4.69, 9.17) is 9.47 Å². The highest BCUT2D eigenvalue weighted by Crippen LogP contribution is 2.31. The third kappa shape index (κ3) is 5.12. The van der Waals surface area contributed by atoms with Crippen LogP contribution in [-0.4, -0.2) is 48.0 Å². The molecule has 0 aromatic heterocycles. The number of carbonyl (C=O) groups is 3. The van der Waals surface area contributed by atoms with Gasteiger partial charge in [-0.25, -0.2) is 4.79 Å². The van der Waals surface area contributed by atoms with E-state index in [1.807, 2.05) is 51.1 Å². The zero-order valence-electron chi connectivity index (χ0n) is 16.8. The van der Waals surface area contributed by atoms with Crippen molar-refractivity contribution in [2.45, 2.75) is 45.6 Å². The summed E-state index contributed by atoms with van der Waals surface area (Å²) >= 11 is 0. The van der Waals surface area contributed by atoms with Gasteiger partial charge in [-0.1, -0.05) is 30.3 Å². The van der Waals surface area contributed by atoms with Crippen molar-refractivity contribution in [1.29, 1.82) is 0 Å². The molecule has 2 aliphatic heterocycles. The molecule has 0 aliphatic carbocycles. The number of hydrogen-bond acceptors (Lipinski definition) is 5. The van der Waals surface area contributed by atoms with Gasteiger partial charge in [0.05, 0.1) is 6.61 Å². The molecule has 2 saturated heterocycles. The molecule has 0 radical (unpaired) electrons. The molecule has 28 heavy (non-hydrogen) atoms. The van der Waals surface area contributed by atoms with E-state index in [0.717, 1.165) is 12.0 Å². The maximum Gasteiger partial charge on any atom is 0.410 e. The fourth-order valence-electron chi connectivity index (χ4n) is 3.96. The average Bonchev–Trinajstić information content (AvgIpc) is 3.21. The molecule has 3 rings (SSSR count). The van der Waals surface area contributed by atoms with Crippen LogP contribution in [0.1, 0.15) is 39.2 Å². The van der Waals surface area contributed by atoms with Gasteiger partial charge < -0.3 is 14.4 Å². The number of carbonyl (C=O) groups excluding carboxylic acids is 3. The Morgan fingerprint density at radius 2 is 1.93 bits per heavy atom. The number of ether oxygens (including phenoxy) is 2. The van der Waals surface area contributed by atoms with Gasteiger partial charge in [-0.15, -0.1) is 0 Å². The summed E-state index contributed by atoms with van der Waals surface area (Å²) in [5.41, 5.74) is 0.559. The minimum Gasteiger partial charge on any atom is -0.465 e. The second kappa shape index (κ2) is 8.33. The maximum absolute atomic E-state index is 12.9. The molecule has 3 atom stereocenters. The van der Waals surface area contributed by atoms with Crippen LogP contribution in [0.15, 0.2) is 30.3 Å². The highest BCUT2D eigenvalue weighted by atomic mass is 16.6. The number of benzene rings is 1. The van der Waals surface area contributed by atoms with Crippen LogP contribution >= 0.6 is 0 Å². The number of nitrogens with zero attached hydrogens (tertiary/aromatic N) is 1. The summed E-state index contributed by atoms with van der Waals surface area (Å²) in [6, 6.07) is 9.85. The lowest BCUT2D eigenvalue weighted by Gasteiger charge is -2.24. The van der Waals surface area contributed by atoms with E-state index >= 15 is 0 Å². The van der Waals surface area contributed by atoms with Crippen LogP contribution in [0.25, 0.3) is 0 Å². The summed E-state index contributed by atoms with van der Waals surface area (Å²) in [4.78, 5) is 38.9. The van der Waals surface area contributed by atoms with Crippen LogP contribution in [-0.2, 0) is 25.5 Å². The van der Waals surface area contributed by atoms with Gasteiger partial charge in [-0.05, 0) is 45.1 Å². The van der Waals surface area contributed by atoms with Gasteiger partial charge in [0.25, 0.3) is 0 Å². The average molecular weight is 387 g/mol. The summed E-state index contributed by atoms with van der Waals surface area (Å²) in [6.45, 7) is 6.86. The van der Waals surface area contributed by atoms with Crippen LogP contribution in [0.5, 0.6) is 0 Å². The molecular formula is C22H29NO5. The first kappa shape index (κ1) is 20.4. The van der Waals surface area contributed by atoms with Crippen molar-refractivity contribution in [3.63, 3.8) is 0 Å². The monoisotopic (exact) mass is 387 g/mol. The van der Waals surface area contributed by atoms with Gasteiger partial charge in [0, 0.05) is 25.4 Å². The highest BCUT2D eigenvalue weighted by Gasteiger charge is 2.43. The van der Waals surface area contributed by atoms with Crippen molar-refractivity contribution in [3.05, 3.63) is 35.9 Å². The van der Waals surface area contributed by atoms with Gasteiger partial charge >= 0.3 is 12.1 Å². The van der Waals surface area contributed by atoms with Crippen LogP contribution in [0.4, 0.5) is 4.79 Å². The smallest absolute Gasteiger partial charge is 0.410 e. The topological polar surface area (TPSA) is 72.9 Å². The van der Waals surface area contributed by atoms with Crippen molar-refractivity contribution in [2.24, 2.45) is 17.8 Å². The zero-order valence-corrected chi connectivity index (χ0v) is 16.8. The predicted octanol–water partition coefficient (Wildman–Crippen LogP) is 3.23. The Balaban J connectivity index is 1.56. The number of esters is 1. The summed E-state index contributed by atoms with van der Waals surface area (Å²) < 4.78 is 10.6. The normalized spacial score (nSPS) is 24.9. The summed E-state index contributed by atoms with van der Waals surface area (Å²) in [5, 5.41) is 0. The van der Waals surface area contributed by atoms with E-state index < -0.39 is 17.5 Å². The van der Waals surface area contributed by atoms with Crippen molar-refractivity contribution in [1.82, 2.24) is 4.90 Å². The molecule has 0 saturated carbocycles. The molecule has 1 amide bonds. The predicted molar refractivity (Wildman–Crippen MR) is 104 cm³/mol. The highest BCUT2D eigenvalue weighted by molar-refractivity contribution is 6.00. The SMILES string of the molecule is CC(C)(C)OC(=O)N1CC[C@H](CC(=O)C2C(=O)OC[C@@H]2Cc2ccccc2)C1. The van der Waals surface area contributed by atoms with Crippen LogP contribution < -0.4 is 0 Å². The van der Waals surface area contributed by atoms with E-state index in [-0.39, 0.29) is 23.7 Å². The number of amides is 1. The number of rotatable bonds is 5. The van der Waals surface area contributed by atoms with E-state index in [9.17, 15) is 14.4 Å². The molecule has 1 unspecified atom stereocenters. The summed E-state index contributed by atoms with van der Waals surface area (Å²) in [6.07, 6.45) is 1.35. The Morgan fingerprint density at radius 3 is 2.61 bits per heavy atom. The number of likely N-dealkylation sites (tertiary alicyclic amines) is 1. The lowest BCUT2D eigenvalue weighted by molar-refractivity contribution is -0.145. The second-order valence-electron chi connectivity index (χ2n) is 8.81. The van der Waals surface area contributed by atoms with E-state index in [1.165, 1.54) is 0 Å². The Morgan fingerprint density at radius 1 is 1.21 bits per heavy atom. The maximum atomic E-state index is 12.9. The Labute approximate surface area is 166 Å². The first-order chi connectivity index (χ1) is 13.2. The van der Waals surface area contributed by atoms with Crippen molar-refractivity contribution in [3.8, 4) is 0 Å². The van der Waals surface area contributed by atoms with Crippen LogP contribution in [0, 0.1) is 17.8 Å². The van der Waals surface area contributed by atoms with Crippen LogP contribution in [0.2, 0.25) is 0 Å². The largest absolute Gasteiger partial charge is 0.465 e. The summed E-state index contributed by atoms with van der Waals surface area (Å²) in [7, 11) is 0. The molecule has 152 valence electrons. The second-order valence-corrected chi connectivity index (χ2v) is 8.81. The molecule has 2 aliphatic rings. The minimum atomic E-state index is -0.698. The molecule has 0 spiro atoms. The lowest BCUT2D eigenvalue weighted by atomic mass is 9.83. The van der Waals surface area contributed by atoms with E-state index in [2.05, 4.69) is 0 Å². The third-order valence-electron chi connectivity index (χ3n) is 5.28. The molecular weight excluding hydrogens is 358 g/mol. The number of Topliss-reactive ketones (excluding diaryl/α,β-unsaturated/α-hetero) is 1. The lowest BCUT2D eigenvalue weighted by Crippen LogP contribution is -2.35. The Hall–Kier alpha value is -2.37. The first-order valence-corrected chi connectivity index (χ1v) is 9.94. The fraction of sp³-hybridized carbons (Fsp3) is 0.591. The van der Waals surface area contributed by atoms with Gasteiger partial charge in [0.2, 0.25) is 0 Å². The van der Waals surface area contributed by atoms with E-state index in [1.54, 1.807) is 4.90 Å². The molecule has 6 nitrogen and oxygen atoms in total. The van der Waals surface area contributed by atoms with Crippen molar-refractivity contribution in [2.75, 3.05) is 19.7 Å². The molecule has 2 fully saturated rings.